The minimum atomic E-state index is 0.386. The number of imidazole rings is 1. The number of H-pyrrole nitrogens is 1. The number of aromatic amines is 1. The van der Waals surface area contributed by atoms with Crippen molar-refractivity contribution >= 4 is 11.6 Å². The molecule has 0 aromatic carbocycles. The molecule has 2 heterocycles. The van der Waals surface area contributed by atoms with Crippen molar-refractivity contribution in [3.05, 3.63) is 29.3 Å². The molecule has 0 aliphatic heterocycles. The highest BCUT2D eigenvalue weighted by Crippen LogP contribution is 2.26. The van der Waals surface area contributed by atoms with Crippen LogP contribution in [0.2, 0.25) is 5.15 Å². The lowest BCUT2D eigenvalue weighted by atomic mass is 10.3. The Bertz CT molecular complexity index is 430. The van der Waals surface area contributed by atoms with E-state index in [1.807, 2.05) is 29.9 Å². The molecule has 2 aromatic heterocycles. The highest BCUT2D eigenvalue weighted by atomic mass is 35.5. The zero-order valence-corrected chi connectivity index (χ0v) is 8.54. The van der Waals surface area contributed by atoms with Gasteiger partial charge in [0.05, 0.1) is 12.2 Å². The van der Waals surface area contributed by atoms with E-state index in [4.69, 9.17) is 17.3 Å². The van der Waals surface area contributed by atoms with E-state index in [2.05, 4.69) is 9.97 Å². The maximum Gasteiger partial charge on any atom is 0.156 e. The van der Waals surface area contributed by atoms with E-state index in [-0.39, 0.29) is 0 Å². The quantitative estimate of drug-likeness (QED) is 0.790. The van der Waals surface area contributed by atoms with Gasteiger partial charge >= 0.3 is 0 Å². The molecule has 0 spiro atoms. The molecule has 2 aromatic rings. The summed E-state index contributed by atoms with van der Waals surface area (Å²) in [5.74, 6) is 0.777. The second kappa shape index (κ2) is 3.48. The summed E-state index contributed by atoms with van der Waals surface area (Å²) in [7, 11) is 1.90. The fourth-order valence-corrected chi connectivity index (χ4v) is 1.79. The average molecular weight is 211 g/mol. The van der Waals surface area contributed by atoms with Crippen LogP contribution in [0.15, 0.2) is 18.3 Å². The molecule has 0 unspecified atom stereocenters. The van der Waals surface area contributed by atoms with E-state index in [0.29, 0.717) is 11.7 Å². The summed E-state index contributed by atoms with van der Waals surface area (Å²) in [6, 6.07) is 3.87. The Hall–Kier alpha value is -1.26. The van der Waals surface area contributed by atoms with Crippen molar-refractivity contribution in [2.24, 2.45) is 12.8 Å². The number of hydrogen-bond donors (Lipinski definition) is 2. The van der Waals surface area contributed by atoms with E-state index >= 15 is 0 Å². The van der Waals surface area contributed by atoms with Crippen molar-refractivity contribution in [3.63, 3.8) is 0 Å². The normalized spacial score (nSPS) is 10.8. The lowest BCUT2D eigenvalue weighted by Crippen LogP contribution is -2.05. The molecule has 0 saturated heterocycles. The molecule has 0 bridgehead atoms. The molecule has 0 amide bonds. The summed E-state index contributed by atoms with van der Waals surface area (Å²) in [6.07, 6.45) is 1.85. The van der Waals surface area contributed by atoms with Crippen LogP contribution in [0, 0.1) is 0 Å². The van der Waals surface area contributed by atoms with Gasteiger partial charge in [0.15, 0.2) is 5.15 Å². The average Bonchev–Trinajstić information content (AvgIpc) is 2.74. The molecular formula is C9H11ClN4. The first-order valence-electron chi connectivity index (χ1n) is 4.29. The lowest BCUT2D eigenvalue weighted by molar-refractivity contribution is 0.797. The molecule has 0 saturated carbocycles. The van der Waals surface area contributed by atoms with E-state index in [1.165, 1.54) is 0 Å². The molecule has 0 aliphatic carbocycles. The van der Waals surface area contributed by atoms with Crippen LogP contribution in [0.25, 0.3) is 11.4 Å². The van der Waals surface area contributed by atoms with E-state index in [1.54, 1.807) is 0 Å². The van der Waals surface area contributed by atoms with Gasteiger partial charge in [-0.05, 0) is 12.1 Å². The van der Waals surface area contributed by atoms with Gasteiger partial charge in [0.2, 0.25) is 0 Å². The van der Waals surface area contributed by atoms with Crippen molar-refractivity contribution in [1.82, 2.24) is 14.5 Å². The van der Waals surface area contributed by atoms with Gasteiger partial charge in [-0.15, -0.1) is 0 Å². The van der Waals surface area contributed by atoms with Gasteiger partial charge in [0.1, 0.15) is 11.5 Å². The molecule has 5 heteroatoms. The van der Waals surface area contributed by atoms with Crippen LogP contribution in [0.1, 0.15) is 5.82 Å². The van der Waals surface area contributed by atoms with E-state index in [0.717, 1.165) is 17.2 Å². The molecule has 0 radical (unpaired) electrons. The largest absolute Gasteiger partial charge is 0.360 e. The van der Waals surface area contributed by atoms with Gasteiger partial charge in [-0.2, -0.15) is 0 Å². The number of aromatic nitrogens is 3. The summed E-state index contributed by atoms with van der Waals surface area (Å²) in [5, 5.41) is 0.482. The van der Waals surface area contributed by atoms with Gasteiger partial charge in [0, 0.05) is 13.2 Å². The fourth-order valence-electron chi connectivity index (χ4n) is 1.46. The highest BCUT2D eigenvalue weighted by Gasteiger charge is 2.13. The number of halogens is 1. The Morgan fingerprint density at radius 1 is 1.64 bits per heavy atom. The van der Waals surface area contributed by atoms with Crippen molar-refractivity contribution in [2.75, 3.05) is 0 Å². The van der Waals surface area contributed by atoms with Crippen LogP contribution in [0.4, 0.5) is 0 Å². The Balaban J connectivity index is 2.58. The summed E-state index contributed by atoms with van der Waals surface area (Å²) >= 11 is 6.01. The maximum atomic E-state index is 6.01. The van der Waals surface area contributed by atoms with Crippen LogP contribution < -0.4 is 5.73 Å². The molecule has 0 atom stereocenters. The second-order valence-corrected chi connectivity index (χ2v) is 3.37. The number of nitrogens with one attached hydrogen (secondary N) is 1. The zero-order chi connectivity index (χ0) is 10.1. The molecule has 14 heavy (non-hydrogen) atoms. The first-order valence-corrected chi connectivity index (χ1v) is 4.66. The Kier molecular flexibility index (Phi) is 2.31. The molecule has 2 rings (SSSR count). The topological polar surface area (TPSA) is 59.6 Å². The Labute approximate surface area is 86.7 Å². The number of nitrogens with two attached hydrogens (primary N) is 1. The van der Waals surface area contributed by atoms with Gasteiger partial charge in [-0.3, -0.25) is 0 Å². The van der Waals surface area contributed by atoms with Crippen molar-refractivity contribution in [2.45, 2.75) is 6.54 Å². The number of hydrogen-bond acceptors (Lipinski definition) is 2. The van der Waals surface area contributed by atoms with E-state index in [9.17, 15) is 0 Å². The third-order valence-corrected chi connectivity index (χ3v) is 2.44. The summed E-state index contributed by atoms with van der Waals surface area (Å²) in [5.41, 5.74) is 7.36. The molecule has 3 N–H and O–H groups in total. The summed E-state index contributed by atoms with van der Waals surface area (Å²) < 4.78 is 1.90. The molecule has 74 valence electrons. The van der Waals surface area contributed by atoms with Crippen LogP contribution in [0.3, 0.4) is 0 Å². The second-order valence-electron chi connectivity index (χ2n) is 3.01. The van der Waals surface area contributed by atoms with Gasteiger partial charge in [0.25, 0.3) is 0 Å². The first-order chi connectivity index (χ1) is 6.74. The maximum absolute atomic E-state index is 6.01. The Morgan fingerprint density at radius 2 is 2.43 bits per heavy atom. The monoisotopic (exact) mass is 210 g/mol. The minimum Gasteiger partial charge on any atom is -0.360 e. The fraction of sp³-hybridized carbons (Fsp3) is 0.222. The van der Waals surface area contributed by atoms with Crippen LogP contribution in [-0.2, 0) is 13.6 Å². The minimum absolute atomic E-state index is 0.386. The van der Waals surface area contributed by atoms with Crippen molar-refractivity contribution in [3.8, 4) is 11.4 Å². The Morgan fingerprint density at radius 3 is 2.93 bits per heavy atom. The summed E-state index contributed by atoms with van der Waals surface area (Å²) in [4.78, 5) is 7.25. The molecular weight excluding hydrogens is 200 g/mol. The van der Waals surface area contributed by atoms with Crippen LogP contribution in [-0.4, -0.2) is 14.5 Å². The summed E-state index contributed by atoms with van der Waals surface area (Å²) in [6.45, 7) is 0.386. The van der Waals surface area contributed by atoms with Gasteiger partial charge < -0.3 is 15.3 Å². The molecule has 0 aliphatic rings. The third-order valence-electron chi connectivity index (χ3n) is 2.18. The standard InChI is InChI=1S/C9H11ClN4/c1-14-7(5-11)13-9(10)8(14)6-3-2-4-12-6/h2-4,12H,5,11H2,1H3. The van der Waals surface area contributed by atoms with Crippen molar-refractivity contribution in [1.29, 1.82) is 0 Å². The lowest BCUT2D eigenvalue weighted by Gasteiger charge is -2.02. The number of rotatable bonds is 2. The molecule has 0 fully saturated rings. The zero-order valence-electron chi connectivity index (χ0n) is 7.79. The smallest absolute Gasteiger partial charge is 0.156 e. The third kappa shape index (κ3) is 1.32. The van der Waals surface area contributed by atoms with Gasteiger partial charge in [-0.1, -0.05) is 11.6 Å². The SMILES string of the molecule is Cn1c(CN)nc(Cl)c1-c1ccc[nH]1. The highest BCUT2D eigenvalue weighted by molar-refractivity contribution is 6.31. The predicted molar refractivity (Wildman–Crippen MR) is 55.9 cm³/mol. The first kappa shape index (κ1) is 9.30. The van der Waals surface area contributed by atoms with E-state index < -0.39 is 0 Å². The predicted octanol–water partition coefficient (Wildman–Crippen LogP) is 1.53. The van der Waals surface area contributed by atoms with Gasteiger partial charge in [-0.25, -0.2) is 4.98 Å². The number of nitrogens with zero attached hydrogens (tertiary/aromatic N) is 2. The van der Waals surface area contributed by atoms with Crippen LogP contribution in [0.5, 0.6) is 0 Å². The van der Waals surface area contributed by atoms with Crippen LogP contribution >= 0.6 is 11.6 Å². The molecule has 4 nitrogen and oxygen atoms in total. The van der Waals surface area contributed by atoms with Crippen molar-refractivity contribution < 1.29 is 0 Å².